The molecule has 0 radical (unpaired) electrons. The van der Waals surface area contributed by atoms with Crippen molar-refractivity contribution in [2.24, 2.45) is 0 Å². The third kappa shape index (κ3) is 5.31. The summed E-state index contributed by atoms with van der Waals surface area (Å²) >= 11 is 0. The lowest BCUT2D eigenvalue weighted by Crippen LogP contribution is -2.40. The lowest BCUT2D eigenvalue weighted by atomic mass is 10.1. The van der Waals surface area contributed by atoms with Crippen molar-refractivity contribution in [2.75, 3.05) is 13.7 Å². The lowest BCUT2D eigenvalue weighted by molar-refractivity contribution is -0.385. The standard InChI is InChI=1S/C19H19N3O6/c1-3-28-16-10-8-14(12-17(16)27-2)19(24)21-20-18(23)11-9-13-6-4-5-7-15(13)22(25)26/h4-12H,3H2,1-2H3,(H,20,23)(H,21,24)/b11-9+. The summed E-state index contributed by atoms with van der Waals surface area (Å²) in [7, 11) is 1.45. The molecule has 0 bridgehead atoms. The van der Waals surface area contributed by atoms with Crippen molar-refractivity contribution in [1.82, 2.24) is 10.9 Å². The number of rotatable bonds is 7. The Morgan fingerprint density at radius 2 is 1.89 bits per heavy atom. The van der Waals surface area contributed by atoms with Gasteiger partial charge in [0.1, 0.15) is 0 Å². The second kappa shape index (κ2) is 9.72. The molecular weight excluding hydrogens is 366 g/mol. The van der Waals surface area contributed by atoms with Crippen LogP contribution in [0.3, 0.4) is 0 Å². The van der Waals surface area contributed by atoms with Gasteiger partial charge in [-0.15, -0.1) is 0 Å². The van der Waals surface area contributed by atoms with E-state index in [4.69, 9.17) is 9.47 Å². The van der Waals surface area contributed by atoms with Gasteiger partial charge in [0.2, 0.25) is 0 Å². The van der Waals surface area contributed by atoms with E-state index in [1.807, 2.05) is 6.92 Å². The maximum absolute atomic E-state index is 12.2. The predicted molar refractivity (Wildman–Crippen MR) is 102 cm³/mol. The number of nitrogens with zero attached hydrogens (tertiary/aromatic N) is 1. The number of carbonyl (C=O) groups is 2. The van der Waals surface area contributed by atoms with Crippen LogP contribution in [-0.2, 0) is 4.79 Å². The highest BCUT2D eigenvalue weighted by molar-refractivity contribution is 5.98. The first-order valence-electron chi connectivity index (χ1n) is 8.29. The van der Waals surface area contributed by atoms with Crippen molar-refractivity contribution < 1.29 is 24.0 Å². The summed E-state index contributed by atoms with van der Waals surface area (Å²) in [6.45, 7) is 2.27. The fourth-order valence-corrected chi connectivity index (χ4v) is 2.28. The number of nitro benzene ring substituents is 1. The van der Waals surface area contributed by atoms with Gasteiger partial charge in [0.15, 0.2) is 11.5 Å². The van der Waals surface area contributed by atoms with Crippen molar-refractivity contribution in [3.05, 3.63) is 69.8 Å². The van der Waals surface area contributed by atoms with Gasteiger partial charge in [0.05, 0.1) is 24.2 Å². The molecular formula is C19H19N3O6. The molecule has 2 aromatic carbocycles. The van der Waals surface area contributed by atoms with Crippen LogP contribution in [0.15, 0.2) is 48.5 Å². The molecule has 2 rings (SSSR count). The molecule has 0 saturated carbocycles. The summed E-state index contributed by atoms with van der Waals surface area (Å²) in [5, 5.41) is 11.0. The first kappa shape index (κ1) is 20.4. The topological polar surface area (TPSA) is 120 Å². The zero-order valence-corrected chi connectivity index (χ0v) is 15.3. The number of methoxy groups -OCH3 is 1. The van der Waals surface area contributed by atoms with Gasteiger partial charge in [-0.3, -0.25) is 30.6 Å². The fraction of sp³-hybridized carbons (Fsp3) is 0.158. The van der Waals surface area contributed by atoms with Crippen LogP contribution in [0.2, 0.25) is 0 Å². The van der Waals surface area contributed by atoms with Crippen LogP contribution in [0.1, 0.15) is 22.8 Å². The largest absolute Gasteiger partial charge is 0.493 e. The Kier molecular flexibility index (Phi) is 7.09. The van der Waals surface area contributed by atoms with Crippen molar-refractivity contribution in [3.63, 3.8) is 0 Å². The highest BCUT2D eigenvalue weighted by Gasteiger charge is 2.12. The van der Waals surface area contributed by atoms with Crippen LogP contribution in [0.4, 0.5) is 5.69 Å². The molecule has 0 aliphatic heterocycles. The molecule has 2 aromatic rings. The number of amides is 2. The van der Waals surface area contributed by atoms with Gasteiger partial charge in [0.25, 0.3) is 17.5 Å². The number of carbonyl (C=O) groups excluding carboxylic acids is 2. The van der Waals surface area contributed by atoms with Crippen LogP contribution < -0.4 is 20.3 Å². The Hall–Kier alpha value is -3.88. The van der Waals surface area contributed by atoms with Gasteiger partial charge < -0.3 is 9.47 Å². The number of nitro groups is 1. The Balaban J connectivity index is 1.99. The Labute approximate surface area is 161 Å². The second-order valence-electron chi connectivity index (χ2n) is 5.39. The number of benzene rings is 2. The first-order valence-corrected chi connectivity index (χ1v) is 8.29. The number of ether oxygens (including phenoxy) is 2. The number of hydrogen-bond acceptors (Lipinski definition) is 6. The van der Waals surface area contributed by atoms with Gasteiger partial charge in [-0.2, -0.15) is 0 Å². The molecule has 146 valence electrons. The molecule has 0 atom stereocenters. The van der Waals surface area contributed by atoms with E-state index < -0.39 is 16.7 Å². The fourth-order valence-electron chi connectivity index (χ4n) is 2.28. The van der Waals surface area contributed by atoms with E-state index in [0.717, 1.165) is 6.08 Å². The van der Waals surface area contributed by atoms with Gasteiger partial charge in [-0.05, 0) is 37.3 Å². The summed E-state index contributed by atoms with van der Waals surface area (Å²) in [5.41, 5.74) is 4.86. The van der Waals surface area contributed by atoms with Crippen molar-refractivity contribution in [1.29, 1.82) is 0 Å². The van der Waals surface area contributed by atoms with E-state index in [9.17, 15) is 19.7 Å². The molecule has 0 saturated heterocycles. The third-order valence-corrected chi connectivity index (χ3v) is 3.57. The number of para-hydroxylation sites is 1. The zero-order chi connectivity index (χ0) is 20.5. The molecule has 2 N–H and O–H groups in total. The molecule has 0 fully saturated rings. The zero-order valence-electron chi connectivity index (χ0n) is 15.3. The minimum Gasteiger partial charge on any atom is -0.493 e. The number of hydrazine groups is 1. The van der Waals surface area contributed by atoms with Gasteiger partial charge in [-0.1, -0.05) is 12.1 Å². The van der Waals surface area contributed by atoms with Gasteiger partial charge in [-0.25, -0.2) is 0 Å². The molecule has 0 unspecified atom stereocenters. The van der Waals surface area contributed by atoms with Crippen LogP contribution >= 0.6 is 0 Å². The van der Waals surface area contributed by atoms with E-state index in [2.05, 4.69) is 10.9 Å². The summed E-state index contributed by atoms with van der Waals surface area (Å²) in [6.07, 6.45) is 2.38. The summed E-state index contributed by atoms with van der Waals surface area (Å²) in [5.74, 6) is -0.326. The minimum atomic E-state index is -0.649. The summed E-state index contributed by atoms with van der Waals surface area (Å²) < 4.78 is 10.6. The van der Waals surface area contributed by atoms with Crippen LogP contribution in [0.25, 0.3) is 6.08 Å². The molecule has 9 heteroatoms. The van der Waals surface area contributed by atoms with Crippen LogP contribution in [0.5, 0.6) is 11.5 Å². The smallest absolute Gasteiger partial charge is 0.276 e. The van der Waals surface area contributed by atoms with E-state index in [1.54, 1.807) is 12.1 Å². The quantitative estimate of drug-likeness (QED) is 0.429. The Morgan fingerprint density at radius 1 is 1.14 bits per heavy atom. The summed E-state index contributed by atoms with van der Waals surface area (Å²) in [6, 6.07) is 10.6. The summed E-state index contributed by atoms with van der Waals surface area (Å²) in [4.78, 5) is 34.4. The maximum Gasteiger partial charge on any atom is 0.276 e. The average Bonchev–Trinajstić information content (AvgIpc) is 2.71. The molecule has 0 heterocycles. The second-order valence-corrected chi connectivity index (χ2v) is 5.39. The van der Waals surface area contributed by atoms with E-state index in [1.165, 1.54) is 43.5 Å². The highest BCUT2D eigenvalue weighted by atomic mass is 16.6. The normalized spacial score (nSPS) is 10.4. The van der Waals surface area contributed by atoms with E-state index in [0.29, 0.717) is 18.1 Å². The Morgan fingerprint density at radius 3 is 2.57 bits per heavy atom. The molecule has 9 nitrogen and oxygen atoms in total. The average molecular weight is 385 g/mol. The SMILES string of the molecule is CCOc1ccc(C(=O)NNC(=O)/C=C/c2ccccc2[N+](=O)[O-])cc1OC. The highest BCUT2D eigenvalue weighted by Crippen LogP contribution is 2.27. The molecule has 0 aromatic heterocycles. The monoisotopic (exact) mass is 385 g/mol. The van der Waals surface area contributed by atoms with Crippen LogP contribution in [-0.4, -0.2) is 30.5 Å². The molecule has 28 heavy (non-hydrogen) atoms. The number of hydrogen-bond donors (Lipinski definition) is 2. The van der Waals surface area contributed by atoms with Gasteiger partial charge >= 0.3 is 0 Å². The maximum atomic E-state index is 12.2. The Bertz CT molecular complexity index is 910. The third-order valence-electron chi connectivity index (χ3n) is 3.57. The molecule has 0 aliphatic rings. The lowest BCUT2D eigenvalue weighted by Gasteiger charge is -2.11. The predicted octanol–water partition coefficient (Wildman–Crippen LogP) is 2.48. The van der Waals surface area contributed by atoms with Crippen molar-refractivity contribution >= 4 is 23.6 Å². The van der Waals surface area contributed by atoms with E-state index >= 15 is 0 Å². The van der Waals surface area contributed by atoms with Crippen LogP contribution in [0, 0.1) is 10.1 Å². The van der Waals surface area contributed by atoms with Gasteiger partial charge in [0, 0.05) is 17.7 Å². The number of nitrogens with one attached hydrogen (secondary N) is 2. The van der Waals surface area contributed by atoms with Crippen molar-refractivity contribution in [3.8, 4) is 11.5 Å². The van der Waals surface area contributed by atoms with Crippen molar-refractivity contribution in [2.45, 2.75) is 6.92 Å². The first-order chi connectivity index (χ1) is 13.5. The minimum absolute atomic E-state index is 0.128. The molecule has 0 spiro atoms. The van der Waals surface area contributed by atoms with E-state index in [-0.39, 0.29) is 16.8 Å². The molecule has 0 aliphatic carbocycles. The molecule has 2 amide bonds.